The molecule has 25 heteroatoms. The van der Waals surface area contributed by atoms with E-state index >= 15 is 0 Å². The van der Waals surface area contributed by atoms with E-state index in [0.29, 0.717) is 0 Å². The molecule has 0 bridgehead atoms. The van der Waals surface area contributed by atoms with Crippen LogP contribution in [0.2, 0.25) is 5.28 Å². The molecule has 3 aliphatic rings. The molecular formula is C20H28ClN11O11P2. The van der Waals surface area contributed by atoms with Crippen molar-refractivity contribution in [1.29, 1.82) is 0 Å². The van der Waals surface area contributed by atoms with Gasteiger partial charge in [0.15, 0.2) is 35.8 Å². The first-order valence-electron chi connectivity index (χ1n) is 13.1. The number of nitrogen functional groups attached to an aromatic ring is 1. The molecule has 0 amide bonds. The summed E-state index contributed by atoms with van der Waals surface area (Å²) in [5.74, 6) is 0.0662. The summed E-state index contributed by atoms with van der Waals surface area (Å²) in [7, 11) is -8.18. The number of anilines is 1. The van der Waals surface area contributed by atoms with Gasteiger partial charge >= 0.3 is 7.82 Å². The van der Waals surface area contributed by atoms with Crippen LogP contribution < -0.4 is 22.5 Å². The number of nitrogens with zero attached hydrogens (tertiary/aromatic N) is 7. The second kappa shape index (κ2) is 12.4. The summed E-state index contributed by atoms with van der Waals surface area (Å²) < 4.78 is 54.3. The van der Waals surface area contributed by atoms with Crippen LogP contribution in [0, 0.1) is 0 Å². The number of nitrogens with one attached hydrogen (secondary N) is 1. The van der Waals surface area contributed by atoms with E-state index in [0.717, 1.165) is 0 Å². The van der Waals surface area contributed by atoms with Crippen molar-refractivity contribution in [2.75, 3.05) is 18.7 Å². The number of fused-ring (bicyclic) bond motifs is 2. The molecule has 2 fully saturated rings. The van der Waals surface area contributed by atoms with Crippen molar-refractivity contribution >= 4 is 56.2 Å². The summed E-state index contributed by atoms with van der Waals surface area (Å²) in [5.41, 5.74) is 18.4. The van der Waals surface area contributed by atoms with Crippen molar-refractivity contribution in [3.8, 4) is 0 Å². The fraction of sp³-hybridized carbons (Fsp3) is 0.550. The SMILES string of the molecule is NC1=Nc2c(ncn2[C@@H]2O[C@H](OC[PH](=O)O)[C@H](O)[C@@H]2OP(=O)(O)OC[C@H]2O[C@@H](n3cnc4c(N)nc(Cl)nc43)C[C@H]2O)C(N)N1. The largest absolute Gasteiger partial charge is 0.472 e. The number of phosphoric acid groups is 1. The second-order valence-corrected chi connectivity index (χ2v) is 12.9. The lowest BCUT2D eigenvalue weighted by Gasteiger charge is -2.26. The van der Waals surface area contributed by atoms with Crippen LogP contribution in [-0.2, 0) is 32.4 Å². The maximum absolute atomic E-state index is 13.1. The Bertz CT molecular complexity index is 1690. The highest BCUT2D eigenvalue weighted by Crippen LogP contribution is 2.51. The molecule has 2 saturated heterocycles. The summed E-state index contributed by atoms with van der Waals surface area (Å²) in [6.45, 7) is -0.626. The number of aliphatic imine (C=N–C) groups is 1. The van der Waals surface area contributed by atoms with E-state index in [1.807, 2.05) is 0 Å². The van der Waals surface area contributed by atoms with Crippen LogP contribution in [-0.4, -0.2) is 98.7 Å². The minimum absolute atomic E-state index is 0.0221. The Morgan fingerprint density at radius 3 is 2.71 bits per heavy atom. The van der Waals surface area contributed by atoms with Gasteiger partial charge in [0.25, 0.3) is 0 Å². The monoisotopic (exact) mass is 695 g/mol. The zero-order valence-corrected chi connectivity index (χ0v) is 25.4. The smallest absolute Gasteiger partial charge is 0.390 e. The van der Waals surface area contributed by atoms with Gasteiger partial charge in [-0.3, -0.25) is 22.7 Å². The number of aliphatic hydroxyl groups excluding tert-OH is 2. The molecule has 0 radical (unpaired) electrons. The molecule has 0 aliphatic carbocycles. The molecule has 11 N–H and O–H groups in total. The standard InChI is InChI=1S/C20H28ClN11O11P2/c21-19-27-13(22)9-15(29-19)31(3-25-9)8-1-6(33)7(41-8)2-40-45(37,38)43-12-11(34)18(39-5-44(35)36)42-17(12)32-4-26-10-14(23)28-20(24)30-16(10)32/h3-4,6-8,11-12,14,17-18,33-34,44H,1-2,5,23H2,(H,35,36)(H,37,38)(H2,22,27,29)(H3,24,28,30)/t6-,7-,8-,11-,12+,14?,17-,18+/m1/s1. The van der Waals surface area contributed by atoms with Crippen molar-refractivity contribution < 1.29 is 52.4 Å². The van der Waals surface area contributed by atoms with Gasteiger partial charge in [-0.2, -0.15) is 15.0 Å². The molecule has 0 aromatic carbocycles. The van der Waals surface area contributed by atoms with Crippen LogP contribution in [0.15, 0.2) is 17.6 Å². The van der Waals surface area contributed by atoms with Gasteiger partial charge < -0.3 is 56.7 Å². The number of aromatic nitrogens is 6. The Morgan fingerprint density at radius 1 is 1.20 bits per heavy atom. The van der Waals surface area contributed by atoms with E-state index in [-0.39, 0.29) is 46.2 Å². The van der Waals surface area contributed by atoms with Crippen molar-refractivity contribution in [3.05, 3.63) is 23.6 Å². The molecule has 10 atom stereocenters. The Kier molecular flexibility index (Phi) is 8.86. The van der Waals surface area contributed by atoms with E-state index in [9.17, 15) is 29.1 Å². The van der Waals surface area contributed by atoms with Crippen molar-refractivity contribution in [2.45, 2.75) is 55.7 Å². The van der Waals surface area contributed by atoms with E-state index < -0.39 is 78.1 Å². The van der Waals surface area contributed by atoms with E-state index in [1.54, 1.807) is 0 Å². The quantitative estimate of drug-likeness (QED) is 0.0862. The molecule has 45 heavy (non-hydrogen) atoms. The van der Waals surface area contributed by atoms with Gasteiger partial charge in [0, 0.05) is 6.42 Å². The number of guanidine groups is 1. The Balaban J connectivity index is 1.17. The molecular weight excluding hydrogens is 668 g/mol. The number of hydrogen-bond acceptors (Lipinski definition) is 18. The molecule has 6 heterocycles. The van der Waals surface area contributed by atoms with Crippen LogP contribution >= 0.6 is 27.5 Å². The van der Waals surface area contributed by atoms with Gasteiger partial charge in [-0.15, -0.1) is 0 Å². The summed E-state index contributed by atoms with van der Waals surface area (Å²) in [6.07, 6.45) is -8.48. The van der Waals surface area contributed by atoms with Crippen LogP contribution in [0.4, 0.5) is 11.6 Å². The first-order chi connectivity index (χ1) is 21.3. The van der Waals surface area contributed by atoms with Gasteiger partial charge in [-0.05, 0) is 11.6 Å². The molecule has 3 aromatic rings. The third-order valence-electron chi connectivity index (χ3n) is 7.03. The molecule has 3 aliphatic heterocycles. The number of aliphatic hydroxyl groups is 2. The molecule has 246 valence electrons. The van der Waals surface area contributed by atoms with Crippen LogP contribution in [0.1, 0.15) is 30.7 Å². The van der Waals surface area contributed by atoms with Gasteiger partial charge in [0.1, 0.15) is 48.3 Å². The van der Waals surface area contributed by atoms with Gasteiger partial charge in [-0.1, -0.05) is 0 Å². The van der Waals surface area contributed by atoms with Gasteiger partial charge in [-0.25, -0.2) is 14.5 Å². The highest BCUT2D eigenvalue weighted by molar-refractivity contribution is 7.47. The van der Waals surface area contributed by atoms with Crippen molar-refractivity contribution in [2.24, 2.45) is 16.5 Å². The Morgan fingerprint density at radius 2 is 1.96 bits per heavy atom. The fourth-order valence-electron chi connectivity index (χ4n) is 5.02. The fourth-order valence-corrected chi connectivity index (χ4v) is 6.43. The first kappa shape index (κ1) is 32.1. The van der Waals surface area contributed by atoms with Crippen LogP contribution in [0.25, 0.3) is 11.2 Å². The number of halogens is 1. The van der Waals surface area contributed by atoms with Gasteiger partial charge in [0.2, 0.25) is 13.3 Å². The third kappa shape index (κ3) is 6.43. The predicted octanol–water partition coefficient (Wildman–Crippen LogP) is -1.73. The molecule has 6 rings (SSSR count). The number of phosphoric ester groups is 1. The zero-order chi connectivity index (χ0) is 32.2. The number of rotatable bonds is 10. The summed E-state index contributed by atoms with van der Waals surface area (Å²) in [6, 6.07) is 0. The topological polar surface area (TPSA) is 325 Å². The summed E-state index contributed by atoms with van der Waals surface area (Å²) in [4.78, 5) is 40.2. The lowest BCUT2D eigenvalue weighted by Crippen LogP contribution is -2.41. The molecule has 0 saturated carbocycles. The lowest BCUT2D eigenvalue weighted by atomic mass is 10.2. The predicted molar refractivity (Wildman–Crippen MR) is 151 cm³/mol. The Labute approximate surface area is 257 Å². The Hall–Kier alpha value is -2.82. The normalized spacial score (nSPS) is 31.8. The maximum Gasteiger partial charge on any atom is 0.472 e. The minimum Gasteiger partial charge on any atom is -0.390 e. The molecule has 22 nitrogen and oxygen atoms in total. The van der Waals surface area contributed by atoms with Crippen LogP contribution in [0.5, 0.6) is 0 Å². The maximum atomic E-state index is 13.1. The molecule has 0 spiro atoms. The summed E-state index contributed by atoms with van der Waals surface area (Å²) >= 11 is 5.92. The van der Waals surface area contributed by atoms with E-state index in [2.05, 4.69) is 30.2 Å². The lowest BCUT2D eigenvalue weighted by molar-refractivity contribution is -0.166. The first-order valence-corrected chi connectivity index (χ1v) is 16.5. The minimum atomic E-state index is -5.04. The average Bonchev–Trinajstić information content (AvgIpc) is 3.72. The van der Waals surface area contributed by atoms with Gasteiger partial charge in [0.05, 0.1) is 25.4 Å². The van der Waals surface area contributed by atoms with Crippen LogP contribution in [0.3, 0.4) is 0 Å². The highest BCUT2D eigenvalue weighted by Gasteiger charge is 2.51. The second-order valence-electron chi connectivity index (χ2n) is 10.0. The third-order valence-corrected chi connectivity index (χ3v) is 8.59. The number of imidazole rings is 2. The number of nitrogens with two attached hydrogens (primary N) is 3. The highest BCUT2D eigenvalue weighted by atomic mass is 35.5. The zero-order valence-electron chi connectivity index (χ0n) is 22.7. The summed E-state index contributed by atoms with van der Waals surface area (Å²) in [5, 5.41) is 24.1. The van der Waals surface area contributed by atoms with E-state index in [4.69, 9.17) is 52.1 Å². The molecule has 3 unspecified atom stereocenters. The number of hydrogen-bond donors (Lipinski definition) is 8. The molecule has 3 aromatic heterocycles. The van der Waals surface area contributed by atoms with E-state index in [1.165, 1.54) is 21.8 Å². The van der Waals surface area contributed by atoms with Crippen molar-refractivity contribution in [3.63, 3.8) is 0 Å². The average molecular weight is 696 g/mol. The number of ether oxygens (including phenoxy) is 3. The van der Waals surface area contributed by atoms with Crippen molar-refractivity contribution in [1.82, 2.24) is 34.4 Å².